The van der Waals surface area contributed by atoms with Crippen LogP contribution in [0.3, 0.4) is 0 Å². The number of aliphatic hydroxyl groups excluding tert-OH is 1. The monoisotopic (exact) mass is 194 g/mol. The Balaban J connectivity index is 2.35. The smallest absolute Gasteiger partial charge is 0.0554 e. The molecule has 3 nitrogen and oxygen atoms in total. The molecule has 0 saturated carbocycles. The van der Waals surface area contributed by atoms with E-state index in [1.165, 1.54) is 0 Å². The zero-order valence-electron chi connectivity index (χ0n) is 8.83. The molecular weight excluding hydrogens is 176 g/mol. The summed E-state index contributed by atoms with van der Waals surface area (Å²) in [7, 11) is 0. The second kappa shape index (κ2) is 5.60. The minimum Gasteiger partial charge on any atom is -0.393 e. The maximum atomic E-state index is 9.35. The van der Waals surface area contributed by atoms with Gasteiger partial charge in [0.05, 0.1) is 6.10 Å². The third kappa shape index (κ3) is 3.34. The average Bonchev–Trinajstić information content (AvgIpc) is 2.20. The minimum atomic E-state index is -0.190. The Morgan fingerprint density at radius 3 is 3.00 bits per heavy atom. The fourth-order valence-electron chi connectivity index (χ4n) is 1.25. The highest BCUT2D eigenvalue weighted by molar-refractivity contribution is 5.48. The molecule has 0 amide bonds. The zero-order chi connectivity index (χ0) is 10.4. The second-order valence-electron chi connectivity index (χ2n) is 3.47. The predicted molar refractivity (Wildman–Crippen MR) is 58.4 cm³/mol. The number of aromatic nitrogens is 1. The molecule has 1 atom stereocenters. The number of hydrogen-bond donors (Lipinski definition) is 2. The van der Waals surface area contributed by atoms with E-state index in [1.807, 2.05) is 26.1 Å². The van der Waals surface area contributed by atoms with Crippen LogP contribution in [0.2, 0.25) is 0 Å². The Morgan fingerprint density at radius 1 is 1.57 bits per heavy atom. The number of pyridine rings is 1. The molecule has 1 aromatic rings. The highest BCUT2D eigenvalue weighted by atomic mass is 16.3. The van der Waals surface area contributed by atoms with Crippen molar-refractivity contribution in [1.82, 2.24) is 4.98 Å². The van der Waals surface area contributed by atoms with Gasteiger partial charge in [0.2, 0.25) is 0 Å². The fourth-order valence-corrected chi connectivity index (χ4v) is 1.25. The Morgan fingerprint density at radius 2 is 2.36 bits per heavy atom. The predicted octanol–water partition coefficient (Wildman–Crippen LogP) is 1.96. The lowest BCUT2D eigenvalue weighted by Gasteiger charge is -2.11. The Hall–Kier alpha value is -1.09. The van der Waals surface area contributed by atoms with Gasteiger partial charge < -0.3 is 10.4 Å². The van der Waals surface area contributed by atoms with E-state index in [-0.39, 0.29) is 6.10 Å². The minimum absolute atomic E-state index is 0.190. The summed E-state index contributed by atoms with van der Waals surface area (Å²) in [6.45, 7) is 4.81. The van der Waals surface area contributed by atoms with Crippen LogP contribution in [-0.4, -0.2) is 22.7 Å². The van der Waals surface area contributed by atoms with Gasteiger partial charge in [-0.05, 0) is 31.4 Å². The van der Waals surface area contributed by atoms with Crippen molar-refractivity contribution in [2.24, 2.45) is 0 Å². The molecule has 0 aliphatic rings. The van der Waals surface area contributed by atoms with Gasteiger partial charge in [-0.25, -0.2) is 0 Å². The number of nitrogens with one attached hydrogen (secondary N) is 1. The van der Waals surface area contributed by atoms with Gasteiger partial charge in [0, 0.05) is 24.6 Å². The molecular formula is C11H18N2O. The molecule has 0 aliphatic carbocycles. The molecule has 0 fully saturated rings. The summed E-state index contributed by atoms with van der Waals surface area (Å²) in [6, 6.07) is 1.95. The first-order chi connectivity index (χ1) is 6.74. The van der Waals surface area contributed by atoms with Crippen LogP contribution in [0.15, 0.2) is 18.5 Å². The van der Waals surface area contributed by atoms with Crippen LogP contribution in [0.1, 0.15) is 25.3 Å². The van der Waals surface area contributed by atoms with E-state index in [0.717, 1.165) is 30.6 Å². The topological polar surface area (TPSA) is 45.1 Å². The third-order valence-electron chi connectivity index (χ3n) is 2.28. The van der Waals surface area contributed by atoms with Gasteiger partial charge in [0.15, 0.2) is 0 Å². The lowest BCUT2D eigenvalue weighted by Crippen LogP contribution is -2.12. The summed E-state index contributed by atoms with van der Waals surface area (Å²) in [5.74, 6) is 0. The van der Waals surface area contributed by atoms with Gasteiger partial charge in [-0.15, -0.1) is 0 Å². The maximum absolute atomic E-state index is 9.35. The van der Waals surface area contributed by atoms with E-state index in [9.17, 15) is 5.11 Å². The van der Waals surface area contributed by atoms with E-state index in [4.69, 9.17) is 0 Å². The van der Waals surface area contributed by atoms with Crippen molar-refractivity contribution in [2.75, 3.05) is 11.9 Å². The summed E-state index contributed by atoms with van der Waals surface area (Å²) >= 11 is 0. The van der Waals surface area contributed by atoms with Gasteiger partial charge in [-0.1, -0.05) is 6.92 Å². The molecule has 1 rings (SSSR count). The van der Waals surface area contributed by atoms with Crippen LogP contribution in [0.4, 0.5) is 5.69 Å². The largest absolute Gasteiger partial charge is 0.393 e. The van der Waals surface area contributed by atoms with Crippen molar-refractivity contribution < 1.29 is 5.11 Å². The molecule has 0 radical (unpaired) electrons. The highest BCUT2D eigenvalue weighted by Gasteiger charge is 2.00. The number of aryl methyl sites for hydroxylation is 1. The quantitative estimate of drug-likeness (QED) is 0.753. The van der Waals surface area contributed by atoms with Crippen LogP contribution >= 0.6 is 0 Å². The number of hydrogen-bond acceptors (Lipinski definition) is 3. The van der Waals surface area contributed by atoms with Crippen molar-refractivity contribution in [3.8, 4) is 0 Å². The molecule has 0 aromatic carbocycles. The van der Waals surface area contributed by atoms with Crippen molar-refractivity contribution in [2.45, 2.75) is 32.8 Å². The molecule has 78 valence electrons. The first-order valence-corrected chi connectivity index (χ1v) is 5.06. The Labute approximate surface area is 85.2 Å². The molecule has 0 aliphatic heterocycles. The SMILES string of the molecule is CCC(O)CCNc1ccncc1C. The lowest BCUT2D eigenvalue weighted by molar-refractivity contribution is 0.164. The van der Waals surface area contributed by atoms with Crippen LogP contribution in [-0.2, 0) is 0 Å². The van der Waals surface area contributed by atoms with Crippen LogP contribution in [0, 0.1) is 6.92 Å². The van der Waals surface area contributed by atoms with Gasteiger partial charge >= 0.3 is 0 Å². The van der Waals surface area contributed by atoms with Gasteiger partial charge in [-0.3, -0.25) is 4.98 Å². The van der Waals surface area contributed by atoms with Gasteiger partial charge in [-0.2, -0.15) is 0 Å². The molecule has 0 bridgehead atoms. The summed E-state index contributed by atoms with van der Waals surface area (Å²) in [5.41, 5.74) is 2.24. The molecule has 1 aromatic heterocycles. The Bertz CT molecular complexity index is 276. The molecule has 3 heteroatoms. The van der Waals surface area contributed by atoms with Gasteiger partial charge in [0.25, 0.3) is 0 Å². The number of nitrogens with zero attached hydrogens (tertiary/aromatic N) is 1. The van der Waals surface area contributed by atoms with E-state index in [0.29, 0.717) is 0 Å². The summed E-state index contributed by atoms with van der Waals surface area (Å²) in [5, 5.41) is 12.6. The lowest BCUT2D eigenvalue weighted by atomic mass is 10.2. The molecule has 1 unspecified atom stereocenters. The van der Waals surface area contributed by atoms with Crippen molar-refractivity contribution in [3.05, 3.63) is 24.0 Å². The van der Waals surface area contributed by atoms with Crippen LogP contribution in [0.5, 0.6) is 0 Å². The average molecular weight is 194 g/mol. The van der Waals surface area contributed by atoms with E-state index < -0.39 is 0 Å². The van der Waals surface area contributed by atoms with Crippen LogP contribution in [0.25, 0.3) is 0 Å². The highest BCUT2D eigenvalue weighted by Crippen LogP contribution is 2.11. The summed E-state index contributed by atoms with van der Waals surface area (Å²) in [6.07, 6.45) is 5.02. The van der Waals surface area contributed by atoms with Crippen molar-refractivity contribution in [3.63, 3.8) is 0 Å². The molecule has 2 N–H and O–H groups in total. The number of rotatable bonds is 5. The third-order valence-corrected chi connectivity index (χ3v) is 2.28. The van der Waals surface area contributed by atoms with Gasteiger partial charge in [0.1, 0.15) is 0 Å². The first-order valence-electron chi connectivity index (χ1n) is 5.06. The van der Waals surface area contributed by atoms with Crippen LogP contribution < -0.4 is 5.32 Å². The standard InChI is InChI=1S/C11H18N2O/c1-3-10(14)4-7-13-11-5-6-12-8-9(11)2/h5-6,8,10,14H,3-4,7H2,1-2H3,(H,12,13). The summed E-state index contributed by atoms with van der Waals surface area (Å²) in [4.78, 5) is 4.01. The second-order valence-corrected chi connectivity index (χ2v) is 3.47. The zero-order valence-corrected chi connectivity index (χ0v) is 8.83. The van der Waals surface area contributed by atoms with E-state index in [2.05, 4.69) is 10.3 Å². The first kappa shape index (κ1) is 11.0. The molecule has 0 spiro atoms. The maximum Gasteiger partial charge on any atom is 0.0554 e. The van der Waals surface area contributed by atoms with E-state index >= 15 is 0 Å². The van der Waals surface area contributed by atoms with Crippen molar-refractivity contribution >= 4 is 5.69 Å². The summed E-state index contributed by atoms with van der Waals surface area (Å²) < 4.78 is 0. The molecule has 0 saturated heterocycles. The normalized spacial score (nSPS) is 12.5. The fraction of sp³-hybridized carbons (Fsp3) is 0.545. The number of anilines is 1. The van der Waals surface area contributed by atoms with E-state index in [1.54, 1.807) is 6.20 Å². The van der Waals surface area contributed by atoms with Crippen molar-refractivity contribution in [1.29, 1.82) is 0 Å². The Kier molecular flexibility index (Phi) is 4.40. The molecule has 14 heavy (non-hydrogen) atoms. The number of aliphatic hydroxyl groups is 1. The molecule has 1 heterocycles.